The average molecular weight is 320 g/mol. The Morgan fingerprint density at radius 2 is 2.09 bits per heavy atom. The van der Waals surface area contributed by atoms with Crippen molar-refractivity contribution in [3.05, 3.63) is 58.3 Å². The molecule has 1 unspecified atom stereocenters. The molecule has 2 aromatic rings. The van der Waals surface area contributed by atoms with Crippen LogP contribution in [-0.2, 0) is 0 Å². The molecule has 0 fully saturated rings. The Labute approximate surface area is 132 Å². The molecule has 0 radical (unpaired) electrons. The van der Waals surface area contributed by atoms with Gasteiger partial charge in [0.05, 0.1) is 16.0 Å². The van der Waals surface area contributed by atoms with E-state index in [1.807, 2.05) is 6.92 Å². The lowest BCUT2D eigenvalue weighted by atomic mass is 10.0. The van der Waals surface area contributed by atoms with Crippen molar-refractivity contribution < 1.29 is 9.72 Å². The SMILES string of the molecule is CCC(Cl)C(=O)c1ccccc1Nc1ncccc1[N+](=O)[O-]. The van der Waals surface area contributed by atoms with Crippen molar-refractivity contribution in [2.75, 3.05) is 5.32 Å². The van der Waals surface area contributed by atoms with Crippen molar-refractivity contribution in [2.24, 2.45) is 0 Å². The number of Topliss-reactive ketones (excluding diaryl/α,β-unsaturated/α-hetero) is 1. The topological polar surface area (TPSA) is 85.1 Å². The van der Waals surface area contributed by atoms with Gasteiger partial charge < -0.3 is 5.32 Å². The van der Waals surface area contributed by atoms with Gasteiger partial charge >= 0.3 is 5.69 Å². The molecule has 1 N–H and O–H groups in total. The largest absolute Gasteiger partial charge is 0.334 e. The molecule has 0 saturated carbocycles. The Kier molecular flexibility index (Phi) is 5.06. The molecular weight excluding hydrogens is 306 g/mol. The van der Waals surface area contributed by atoms with E-state index >= 15 is 0 Å². The first-order chi connectivity index (χ1) is 10.5. The van der Waals surface area contributed by atoms with Gasteiger partial charge in [-0.1, -0.05) is 19.1 Å². The zero-order valence-electron chi connectivity index (χ0n) is 11.8. The van der Waals surface area contributed by atoms with Crippen LogP contribution in [0.3, 0.4) is 0 Å². The molecule has 6 nitrogen and oxygen atoms in total. The molecule has 1 aromatic heterocycles. The van der Waals surface area contributed by atoms with Crippen LogP contribution < -0.4 is 5.32 Å². The van der Waals surface area contributed by atoms with Crippen LogP contribution in [0, 0.1) is 10.1 Å². The van der Waals surface area contributed by atoms with E-state index in [2.05, 4.69) is 10.3 Å². The maximum atomic E-state index is 12.3. The summed E-state index contributed by atoms with van der Waals surface area (Å²) in [7, 11) is 0. The summed E-state index contributed by atoms with van der Waals surface area (Å²) in [6.45, 7) is 1.81. The fourth-order valence-corrected chi connectivity index (χ4v) is 2.05. The zero-order chi connectivity index (χ0) is 16.1. The van der Waals surface area contributed by atoms with Gasteiger partial charge in [0, 0.05) is 17.8 Å². The van der Waals surface area contributed by atoms with E-state index < -0.39 is 10.3 Å². The fourth-order valence-electron chi connectivity index (χ4n) is 1.93. The number of nitro groups is 1. The standard InChI is InChI=1S/C15H14ClN3O3/c1-2-11(16)14(20)10-6-3-4-7-12(10)18-15-13(19(21)22)8-5-9-17-15/h3-9,11H,2H2,1H3,(H,17,18). The first kappa shape index (κ1) is 15.9. The lowest BCUT2D eigenvalue weighted by molar-refractivity contribution is -0.384. The van der Waals surface area contributed by atoms with Gasteiger partial charge in [0.15, 0.2) is 5.78 Å². The number of carbonyl (C=O) groups is 1. The molecule has 7 heteroatoms. The van der Waals surface area contributed by atoms with Crippen LogP contribution in [0.25, 0.3) is 0 Å². The first-order valence-corrected chi connectivity index (χ1v) is 7.12. The van der Waals surface area contributed by atoms with E-state index in [0.29, 0.717) is 17.7 Å². The van der Waals surface area contributed by atoms with Crippen molar-refractivity contribution in [1.29, 1.82) is 0 Å². The zero-order valence-corrected chi connectivity index (χ0v) is 12.6. The minimum atomic E-state index is -0.637. The molecule has 0 spiro atoms. The number of carbonyl (C=O) groups excluding carboxylic acids is 1. The monoisotopic (exact) mass is 319 g/mol. The minimum Gasteiger partial charge on any atom is -0.334 e. The number of ketones is 1. The molecule has 0 aliphatic carbocycles. The van der Waals surface area contributed by atoms with Crippen molar-refractivity contribution in [3.8, 4) is 0 Å². The van der Waals surface area contributed by atoms with Gasteiger partial charge in [-0.05, 0) is 24.6 Å². The number of anilines is 2. The predicted molar refractivity (Wildman–Crippen MR) is 84.9 cm³/mol. The summed E-state index contributed by atoms with van der Waals surface area (Å²) in [5.41, 5.74) is 0.653. The molecule has 22 heavy (non-hydrogen) atoms. The van der Waals surface area contributed by atoms with E-state index in [4.69, 9.17) is 11.6 Å². The Balaban J connectivity index is 2.39. The number of nitrogens with one attached hydrogen (secondary N) is 1. The number of aromatic nitrogens is 1. The smallest absolute Gasteiger partial charge is 0.311 e. The third kappa shape index (κ3) is 3.40. The highest BCUT2D eigenvalue weighted by atomic mass is 35.5. The summed E-state index contributed by atoms with van der Waals surface area (Å²) in [5, 5.41) is 13.2. The number of nitrogens with zero attached hydrogens (tertiary/aromatic N) is 2. The molecule has 114 valence electrons. The first-order valence-electron chi connectivity index (χ1n) is 6.68. The van der Waals surface area contributed by atoms with Gasteiger partial charge in [0.1, 0.15) is 0 Å². The van der Waals surface area contributed by atoms with Gasteiger partial charge in [0.2, 0.25) is 5.82 Å². The summed E-state index contributed by atoms with van der Waals surface area (Å²) < 4.78 is 0. The summed E-state index contributed by atoms with van der Waals surface area (Å²) in [5.74, 6) is -0.152. The highest BCUT2D eigenvalue weighted by molar-refractivity contribution is 6.34. The molecule has 0 aliphatic rings. The van der Waals surface area contributed by atoms with Crippen LogP contribution in [0.4, 0.5) is 17.2 Å². The van der Waals surface area contributed by atoms with Crippen molar-refractivity contribution in [2.45, 2.75) is 18.7 Å². The Morgan fingerprint density at radius 1 is 1.36 bits per heavy atom. The lowest BCUT2D eigenvalue weighted by Gasteiger charge is -2.12. The van der Waals surface area contributed by atoms with Gasteiger partial charge in [-0.2, -0.15) is 0 Å². The number of hydrogen-bond acceptors (Lipinski definition) is 5. The van der Waals surface area contributed by atoms with Crippen molar-refractivity contribution >= 4 is 34.6 Å². The molecule has 1 heterocycles. The van der Waals surface area contributed by atoms with Crippen LogP contribution in [0.5, 0.6) is 0 Å². The summed E-state index contributed by atoms with van der Waals surface area (Å²) >= 11 is 6.01. The Morgan fingerprint density at radius 3 is 2.77 bits per heavy atom. The minimum absolute atomic E-state index is 0.0790. The van der Waals surface area contributed by atoms with Crippen molar-refractivity contribution in [3.63, 3.8) is 0 Å². The molecule has 2 rings (SSSR count). The second-order valence-electron chi connectivity index (χ2n) is 4.54. The highest BCUT2D eigenvalue weighted by Gasteiger charge is 2.20. The fraction of sp³-hybridized carbons (Fsp3) is 0.200. The average Bonchev–Trinajstić information content (AvgIpc) is 2.54. The summed E-state index contributed by atoms with van der Waals surface area (Å²) in [6, 6.07) is 9.55. The number of halogens is 1. The number of hydrogen-bond donors (Lipinski definition) is 1. The van der Waals surface area contributed by atoms with Crippen LogP contribution in [0.2, 0.25) is 0 Å². The molecule has 1 atom stereocenters. The molecule has 0 amide bonds. The molecule has 0 saturated heterocycles. The maximum Gasteiger partial charge on any atom is 0.311 e. The summed E-state index contributed by atoms with van der Waals surface area (Å²) in [4.78, 5) is 26.7. The predicted octanol–water partition coefficient (Wildman–Crippen LogP) is 3.93. The van der Waals surface area contributed by atoms with Crippen molar-refractivity contribution in [1.82, 2.24) is 4.98 Å². The number of pyridine rings is 1. The normalized spacial score (nSPS) is 11.7. The van der Waals surface area contributed by atoms with E-state index in [1.54, 1.807) is 24.3 Å². The van der Waals surface area contributed by atoms with E-state index in [1.165, 1.54) is 18.3 Å². The Hall–Kier alpha value is -2.47. The second kappa shape index (κ2) is 7.00. The third-order valence-corrected chi connectivity index (χ3v) is 3.58. The van der Waals surface area contributed by atoms with Crippen LogP contribution in [0.15, 0.2) is 42.6 Å². The number of rotatable bonds is 6. The molecule has 0 aliphatic heterocycles. The van der Waals surface area contributed by atoms with E-state index in [-0.39, 0.29) is 17.3 Å². The number of benzene rings is 1. The highest BCUT2D eigenvalue weighted by Crippen LogP contribution is 2.27. The second-order valence-corrected chi connectivity index (χ2v) is 5.07. The molecular formula is C15H14ClN3O3. The van der Waals surface area contributed by atoms with Gasteiger partial charge in [-0.15, -0.1) is 11.6 Å². The van der Waals surface area contributed by atoms with E-state index in [9.17, 15) is 14.9 Å². The van der Waals surface area contributed by atoms with Crippen LogP contribution in [0.1, 0.15) is 23.7 Å². The summed E-state index contributed by atoms with van der Waals surface area (Å²) in [6.07, 6.45) is 1.94. The molecule has 1 aromatic carbocycles. The number of alkyl halides is 1. The van der Waals surface area contributed by atoms with Crippen LogP contribution >= 0.6 is 11.6 Å². The number of para-hydroxylation sites is 1. The quantitative estimate of drug-likeness (QED) is 0.377. The lowest BCUT2D eigenvalue weighted by Crippen LogP contribution is -2.15. The maximum absolute atomic E-state index is 12.3. The van der Waals surface area contributed by atoms with Gasteiger partial charge in [-0.3, -0.25) is 14.9 Å². The Bertz CT molecular complexity index is 706. The van der Waals surface area contributed by atoms with Gasteiger partial charge in [-0.25, -0.2) is 4.98 Å². The van der Waals surface area contributed by atoms with Crippen LogP contribution in [-0.4, -0.2) is 21.1 Å². The van der Waals surface area contributed by atoms with E-state index in [0.717, 1.165) is 0 Å². The molecule has 0 bridgehead atoms. The van der Waals surface area contributed by atoms with Gasteiger partial charge in [0.25, 0.3) is 0 Å². The third-order valence-electron chi connectivity index (χ3n) is 3.07.